The number of benzene rings is 2. The number of ether oxygens (including phenoxy) is 2. The average Bonchev–Trinajstić information content (AvgIpc) is 2.48. The van der Waals surface area contributed by atoms with Crippen molar-refractivity contribution < 1.29 is 9.47 Å². The molecule has 0 N–H and O–H groups in total. The third kappa shape index (κ3) is 4.01. The zero-order valence-corrected chi connectivity index (χ0v) is 13.4. The van der Waals surface area contributed by atoms with Crippen LogP contribution in [0.3, 0.4) is 0 Å². The number of rotatable bonds is 6. The van der Waals surface area contributed by atoms with Crippen LogP contribution < -0.4 is 9.47 Å². The van der Waals surface area contributed by atoms with Gasteiger partial charge in [-0.15, -0.1) is 0 Å². The maximum absolute atomic E-state index is 5.46. The molecule has 0 aliphatic rings. The summed E-state index contributed by atoms with van der Waals surface area (Å²) in [5.41, 5.74) is 2.50. The molecule has 2 rings (SSSR count). The van der Waals surface area contributed by atoms with Gasteiger partial charge in [0.2, 0.25) is 0 Å². The van der Waals surface area contributed by atoms with E-state index in [0.717, 1.165) is 17.9 Å². The Kier molecular flexibility index (Phi) is 5.48. The van der Waals surface area contributed by atoms with Crippen molar-refractivity contribution >= 4 is 15.9 Å². The highest BCUT2D eigenvalue weighted by Gasteiger charge is 2.09. The third-order valence-corrected chi connectivity index (χ3v) is 3.95. The van der Waals surface area contributed by atoms with Crippen molar-refractivity contribution in [1.29, 1.82) is 0 Å². The summed E-state index contributed by atoms with van der Waals surface area (Å²) in [6, 6.07) is 16.4. The van der Waals surface area contributed by atoms with E-state index in [0.29, 0.717) is 6.61 Å². The van der Waals surface area contributed by atoms with E-state index in [1.54, 1.807) is 7.11 Å². The first kappa shape index (κ1) is 14.9. The summed E-state index contributed by atoms with van der Waals surface area (Å²) in [6.45, 7) is 2.69. The van der Waals surface area contributed by atoms with Gasteiger partial charge in [0.15, 0.2) is 0 Å². The number of hydrogen-bond acceptors (Lipinski definition) is 2. The van der Waals surface area contributed by atoms with Crippen molar-refractivity contribution in [1.82, 2.24) is 0 Å². The molecule has 2 aromatic carbocycles. The summed E-state index contributed by atoms with van der Waals surface area (Å²) < 4.78 is 10.7. The molecule has 0 bridgehead atoms. The Labute approximate surface area is 128 Å². The molecule has 0 amide bonds. The van der Waals surface area contributed by atoms with Gasteiger partial charge in [0.05, 0.1) is 13.7 Å². The Bertz CT molecular complexity index is 537. The maximum atomic E-state index is 5.46. The highest BCUT2D eigenvalue weighted by atomic mass is 79.9. The SMILES string of the molecule is CCOc1ccc(C(Br)Cc2cccc(OC)c2)cc1. The van der Waals surface area contributed by atoms with E-state index in [1.807, 2.05) is 31.2 Å². The Balaban J connectivity index is 2.05. The largest absolute Gasteiger partial charge is 0.497 e. The lowest BCUT2D eigenvalue weighted by Crippen LogP contribution is -1.97. The molecule has 0 spiro atoms. The summed E-state index contributed by atoms with van der Waals surface area (Å²) in [5, 5.41) is 0. The first-order valence-corrected chi connectivity index (χ1v) is 7.64. The fourth-order valence-corrected chi connectivity index (χ4v) is 2.74. The summed E-state index contributed by atoms with van der Waals surface area (Å²) in [7, 11) is 1.69. The Morgan fingerprint density at radius 2 is 1.80 bits per heavy atom. The molecule has 1 atom stereocenters. The number of halogens is 1. The second-order valence-electron chi connectivity index (χ2n) is 4.53. The normalized spacial score (nSPS) is 11.9. The first-order chi connectivity index (χ1) is 9.72. The Hall–Kier alpha value is -1.48. The molecule has 3 heteroatoms. The zero-order valence-electron chi connectivity index (χ0n) is 11.8. The van der Waals surface area contributed by atoms with E-state index in [-0.39, 0.29) is 4.83 Å². The van der Waals surface area contributed by atoms with E-state index >= 15 is 0 Å². The second-order valence-corrected chi connectivity index (χ2v) is 5.63. The lowest BCUT2D eigenvalue weighted by atomic mass is 10.0. The van der Waals surface area contributed by atoms with Crippen LogP contribution >= 0.6 is 15.9 Å². The predicted molar refractivity (Wildman–Crippen MR) is 86.0 cm³/mol. The number of alkyl halides is 1. The molecule has 0 fully saturated rings. The molecule has 20 heavy (non-hydrogen) atoms. The van der Waals surface area contributed by atoms with Crippen molar-refractivity contribution in [3.63, 3.8) is 0 Å². The molecular formula is C17H19BrO2. The minimum atomic E-state index is 0.283. The minimum absolute atomic E-state index is 0.283. The van der Waals surface area contributed by atoms with Gasteiger partial charge in [-0.3, -0.25) is 0 Å². The van der Waals surface area contributed by atoms with Gasteiger partial charge in [0.25, 0.3) is 0 Å². The molecule has 2 nitrogen and oxygen atoms in total. The molecule has 0 aromatic heterocycles. The molecule has 106 valence electrons. The van der Waals surface area contributed by atoms with Gasteiger partial charge in [-0.25, -0.2) is 0 Å². The second kappa shape index (κ2) is 7.34. The number of methoxy groups -OCH3 is 1. The molecule has 1 unspecified atom stereocenters. The summed E-state index contributed by atoms with van der Waals surface area (Å²) in [5.74, 6) is 1.81. The molecule has 2 aromatic rings. The van der Waals surface area contributed by atoms with Crippen LogP contribution in [-0.4, -0.2) is 13.7 Å². The molecule has 0 radical (unpaired) electrons. The van der Waals surface area contributed by atoms with Crippen LogP contribution in [0.15, 0.2) is 48.5 Å². The van der Waals surface area contributed by atoms with E-state index in [4.69, 9.17) is 9.47 Å². The Morgan fingerprint density at radius 1 is 1.05 bits per heavy atom. The smallest absolute Gasteiger partial charge is 0.119 e. The van der Waals surface area contributed by atoms with E-state index < -0.39 is 0 Å². The average molecular weight is 335 g/mol. The quantitative estimate of drug-likeness (QED) is 0.708. The van der Waals surface area contributed by atoms with Crippen LogP contribution in [0.2, 0.25) is 0 Å². The van der Waals surface area contributed by atoms with Crippen LogP contribution in [0.5, 0.6) is 11.5 Å². The summed E-state index contributed by atoms with van der Waals surface area (Å²) in [4.78, 5) is 0.283. The summed E-state index contributed by atoms with van der Waals surface area (Å²) in [6.07, 6.45) is 0.922. The van der Waals surface area contributed by atoms with E-state index in [9.17, 15) is 0 Å². The first-order valence-electron chi connectivity index (χ1n) is 6.72. The summed E-state index contributed by atoms with van der Waals surface area (Å²) >= 11 is 3.75. The van der Waals surface area contributed by atoms with Gasteiger partial charge in [-0.2, -0.15) is 0 Å². The highest BCUT2D eigenvalue weighted by molar-refractivity contribution is 9.09. The topological polar surface area (TPSA) is 18.5 Å². The molecule has 0 aliphatic heterocycles. The lowest BCUT2D eigenvalue weighted by Gasteiger charge is -2.12. The van der Waals surface area contributed by atoms with Gasteiger partial charge in [-0.05, 0) is 48.7 Å². The Morgan fingerprint density at radius 3 is 2.45 bits per heavy atom. The van der Waals surface area contributed by atoms with Gasteiger partial charge in [0.1, 0.15) is 11.5 Å². The van der Waals surface area contributed by atoms with E-state index in [2.05, 4.69) is 40.2 Å². The van der Waals surface area contributed by atoms with Gasteiger partial charge < -0.3 is 9.47 Å². The fourth-order valence-electron chi connectivity index (χ4n) is 2.06. The maximum Gasteiger partial charge on any atom is 0.119 e. The lowest BCUT2D eigenvalue weighted by molar-refractivity contribution is 0.340. The molecule has 0 aliphatic carbocycles. The van der Waals surface area contributed by atoms with Crippen molar-refractivity contribution in [2.45, 2.75) is 18.2 Å². The highest BCUT2D eigenvalue weighted by Crippen LogP contribution is 2.29. The van der Waals surface area contributed by atoms with Gasteiger partial charge >= 0.3 is 0 Å². The van der Waals surface area contributed by atoms with Crippen molar-refractivity contribution in [2.24, 2.45) is 0 Å². The standard InChI is InChI=1S/C17H19BrO2/c1-3-20-15-9-7-14(8-10-15)17(18)12-13-5-4-6-16(11-13)19-2/h4-11,17H,3,12H2,1-2H3. The number of hydrogen-bond donors (Lipinski definition) is 0. The van der Waals surface area contributed by atoms with Gasteiger partial charge in [0, 0.05) is 4.83 Å². The zero-order chi connectivity index (χ0) is 14.4. The van der Waals surface area contributed by atoms with Crippen LogP contribution in [-0.2, 0) is 6.42 Å². The minimum Gasteiger partial charge on any atom is -0.497 e. The molecule has 0 heterocycles. The molecule has 0 saturated heterocycles. The molecule has 0 saturated carbocycles. The van der Waals surface area contributed by atoms with Crippen molar-refractivity contribution in [2.75, 3.05) is 13.7 Å². The monoisotopic (exact) mass is 334 g/mol. The third-order valence-electron chi connectivity index (χ3n) is 3.10. The van der Waals surface area contributed by atoms with Crippen LogP contribution in [0, 0.1) is 0 Å². The fraction of sp³-hybridized carbons (Fsp3) is 0.294. The van der Waals surface area contributed by atoms with Crippen LogP contribution in [0.25, 0.3) is 0 Å². The van der Waals surface area contributed by atoms with Crippen LogP contribution in [0.4, 0.5) is 0 Å². The van der Waals surface area contributed by atoms with Crippen molar-refractivity contribution in [3.05, 3.63) is 59.7 Å². The van der Waals surface area contributed by atoms with E-state index in [1.165, 1.54) is 11.1 Å². The van der Waals surface area contributed by atoms with Crippen LogP contribution in [0.1, 0.15) is 22.9 Å². The van der Waals surface area contributed by atoms with Gasteiger partial charge in [-0.1, -0.05) is 40.2 Å². The molecular weight excluding hydrogens is 316 g/mol. The van der Waals surface area contributed by atoms with Crippen molar-refractivity contribution in [3.8, 4) is 11.5 Å². The predicted octanol–water partition coefficient (Wildman–Crippen LogP) is 4.77.